The second-order valence-electron chi connectivity index (χ2n) is 5.58. The van der Waals surface area contributed by atoms with Crippen LogP contribution in [0, 0.1) is 11.3 Å². The maximum Gasteiger partial charge on any atom is 0.196 e. The van der Waals surface area contributed by atoms with Crippen molar-refractivity contribution in [3.05, 3.63) is 52.0 Å². The standard InChI is InChI=1S/C19H16BrClN4OS/c1-26-17-9-8-15(12-16(17)21)25-18(13-4-6-14(20)7-5-13)23-24-19(25)27-11-3-2-10-22/h4-9,12H,2-3,11H2,1H3. The predicted molar refractivity (Wildman–Crippen MR) is 112 cm³/mol. The van der Waals surface area contributed by atoms with Gasteiger partial charge < -0.3 is 4.74 Å². The Morgan fingerprint density at radius 1 is 1.22 bits per heavy atom. The van der Waals surface area contributed by atoms with Crippen molar-refractivity contribution in [3.8, 4) is 28.9 Å². The van der Waals surface area contributed by atoms with E-state index < -0.39 is 0 Å². The molecule has 0 saturated heterocycles. The van der Waals surface area contributed by atoms with Crippen LogP contribution in [0.25, 0.3) is 17.1 Å². The van der Waals surface area contributed by atoms with Gasteiger partial charge in [-0.25, -0.2) is 0 Å². The van der Waals surface area contributed by atoms with Crippen molar-refractivity contribution < 1.29 is 4.74 Å². The minimum Gasteiger partial charge on any atom is -0.495 e. The van der Waals surface area contributed by atoms with Crippen LogP contribution in [-0.4, -0.2) is 27.6 Å². The van der Waals surface area contributed by atoms with Crippen LogP contribution >= 0.6 is 39.3 Å². The molecule has 0 aliphatic rings. The third-order valence-electron chi connectivity index (χ3n) is 3.79. The molecule has 0 spiro atoms. The van der Waals surface area contributed by atoms with Crippen molar-refractivity contribution in [2.45, 2.75) is 18.0 Å². The van der Waals surface area contributed by atoms with E-state index in [1.807, 2.05) is 47.0 Å². The summed E-state index contributed by atoms with van der Waals surface area (Å²) in [5.41, 5.74) is 1.80. The fraction of sp³-hybridized carbons (Fsp3) is 0.211. The van der Waals surface area contributed by atoms with E-state index in [0.717, 1.165) is 38.9 Å². The van der Waals surface area contributed by atoms with Crippen LogP contribution in [0.2, 0.25) is 5.02 Å². The molecule has 2 aromatic carbocycles. The third-order valence-corrected chi connectivity index (χ3v) is 5.63. The minimum absolute atomic E-state index is 0.519. The quantitative estimate of drug-likeness (QED) is 0.329. The smallest absolute Gasteiger partial charge is 0.196 e. The third kappa shape index (κ3) is 4.64. The summed E-state index contributed by atoms with van der Waals surface area (Å²) < 4.78 is 8.23. The molecule has 0 aliphatic carbocycles. The number of nitriles is 1. The van der Waals surface area contributed by atoms with Crippen LogP contribution in [-0.2, 0) is 0 Å². The predicted octanol–water partition coefficient (Wildman–Crippen LogP) is 5.75. The first-order chi connectivity index (χ1) is 13.1. The van der Waals surface area contributed by atoms with E-state index in [1.165, 1.54) is 0 Å². The van der Waals surface area contributed by atoms with Crippen molar-refractivity contribution in [3.63, 3.8) is 0 Å². The maximum absolute atomic E-state index is 8.73. The van der Waals surface area contributed by atoms with E-state index in [0.29, 0.717) is 17.2 Å². The Morgan fingerprint density at radius 3 is 2.67 bits per heavy atom. The topological polar surface area (TPSA) is 63.7 Å². The van der Waals surface area contributed by atoms with Gasteiger partial charge in [-0.2, -0.15) is 5.26 Å². The number of benzene rings is 2. The lowest BCUT2D eigenvalue weighted by atomic mass is 10.2. The van der Waals surface area contributed by atoms with Gasteiger partial charge in [-0.3, -0.25) is 4.57 Å². The van der Waals surface area contributed by atoms with Gasteiger partial charge in [-0.05, 0) is 36.8 Å². The molecule has 5 nitrogen and oxygen atoms in total. The molecule has 0 fully saturated rings. The number of nitrogens with zero attached hydrogens (tertiary/aromatic N) is 4. The summed E-state index contributed by atoms with van der Waals surface area (Å²) in [6.07, 6.45) is 1.32. The zero-order chi connectivity index (χ0) is 19.2. The molecule has 0 aliphatic heterocycles. The van der Waals surface area contributed by atoms with Crippen molar-refractivity contribution in [2.24, 2.45) is 0 Å². The molecule has 0 saturated carbocycles. The Labute approximate surface area is 175 Å². The summed E-state index contributed by atoms with van der Waals surface area (Å²) in [6, 6.07) is 15.7. The van der Waals surface area contributed by atoms with E-state index in [4.69, 9.17) is 21.6 Å². The van der Waals surface area contributed by atoms with Crippen LogP contribution in [0.4, 0.5) is 0 Å². The molecule has 0 amide bonds. The summed E-state index contributed by atoms with van der Waals surface area (Å²) in [5, 5.41) is 18.8. The Morgan fingerprint density at radius 2 is 2.00 bits per heavy atom. The number of ether oxygens (including phenoxy) is 1. The van der Waals surface area contributed by atoms with Gasteiger partial charge in [0, 0.05) is 22.2 Å². The van der Waals surface area contributed by atoms with Gasteiger partial charge in [0.05, 0.1) is 23.9 Å². The number of rotatable bonds is 7. The number of thioether (sulfide) groups is 1. The first-order valence-electron chi connectivity index (χ1n) is 8.19. The minimum atomic E-state index is 0.519. The molecule has 0 radical (unpaired) electrons. The van der Waals surface area contributed by atoms with E-state index in [2.05, 4.69) is 32.2 Å². The van der Waals surface area contributed by atoms with Gasteiger partial charge in [0.15, 0.2) is 11.0 Å². The van der Waals surface area contributed by atoms with Gasteiger partial charge in [-0.1, -0.05) is 51.4 Å². The lowest BCUT2D eigenvalue weighted by Gasteiger charge is -2.12. The highest BCUT2D eigenvalue weighted by molar-refractivity contribution is 9.10. The number of unbranched alkanes of at least 4 members (excludes halogenated alkanes) is 1. The Kier molecular flexibility index (Phi) is 6.78. The molecular formula is C19H16BrClN4OS. The van der Waals surface area contributed by atoms with Crippen LogP contribution in [0.15, 0.2) is 52.1 Å². The number of halogens is 2. The second-order valence-corrected chi connectivity index (χ2v) is 7.96. The zero-order valence-electron chi connectivity index (χ0n) is 14.5. The monoisotopic (exact) mass is 462 g/mol. The van der Waals surface area contributed by atoms with Gasteiger partial charge in [0.1, 0.15) is 5.75 Å². The van der Waals surface area contributed by atoms with E-state index >= 15 is 0 Å². The van der Waals surface area contributed by atoms with Crippen molar-refractivity contribution in [2.75, 3.05) is 12.9 Å². The van der Waals surface area contributed by atoms with Gasteiger partial charge in [0.2, 0.25) is 0 Å². The highest BCUT2D eigenvalue weighted by atomic mass is 79.9. The van der Waals surface area contributed by atoms with Crippen molar-refractivity contribution in [1.82, 2.24) is 14.8 Å². The molecule has 3 rings (SSSR count). The number of hydrogen-bond acceptors (Lipinski definition) is 5. The molecule has 0 N–H and O–H groups in total. The molecule has 0 atom stereocenters. The van der Waals surface area contributed by atoms with Crippen molar-refractivity contribution in [1.29, 1.82) is 5.26 Å². The van der Waals surface area contributed by atoms with Crippen LogP contribution < -0.4 is 4.74 Å². The van der Waals surface area contributed by atoms with Crippen LogP contribution in [0.5, 0.6) is 5.75 Å². The summed E-state index contributed by atoms with van der Waals surface area (Å²) >= 11 is 11.4. The first kappa shape index (κ1) is 19.7. The molecule has 1 aromatic heterocycles. The molecular weight excluding hydrogens is 448 g/mol. The largest absolute Gasteiger partial charge is 0.495 e. The average Bonchev–Trinajstić information content (AvgIpc) is 3.09. The molecule has 0 bridgehead atoms. The average molecular weight is 464 g/mol. The zero-order valence-corrected chi connectivity index (χ0v) is 17.7. The van der Waals surface area contributed by atoms with Gasteiger partial charge >= 0.3 is 0 Å². The summed E-state index contributed by atoms with van der Waals surface area (Å²) in [4.78, 5) is 0. The fourth-order valence-corrected chi connectivity index (χ4v) is 3.90. The molecule has 8 heteroatoms. The second kappa shape index (κ2) is 9.27. The highest BCUT2D eigenvalue weighted by Gasteiger charge is 2.17. The maximum atomic E-state index is 8.73. The van der Waals surface area contributed by atoms with Gasteiger partial charge in [-0.15, -0.1) is 10.2 Å². The van der Waals surface area contributed by atoms with Crippen LogP contribution in [0.1, 0.15) is 12.8 Å². The van der Waals surface area contributed by atoms with E-state index in [-0.39, 0.29) is 0 Å². The SMILES string of the molecule is COc1ccc(-n2c(SCCCC#N)nnc2-c2ccc(Br)cc2)cc1Cl. The Balaban J connectivity index is 2.04. The summed E-state index contributed by atoms with van der Waals surface area (Å²) in [6.45, 7) is 0. The Bertz CT molecular complexity index is 969. The summed E-state index contributed by atoms with van der Waals surface area (Å²) in [5.74, 6) is 2.13. The lowest BCUT2D eigenvalue weighted by Crippen LogP contribution is -2.00. The molecule has 0 unspecified atom stereocenters. The summed E-state index contributed by atoms with van der Waals surface area (Å²) in [7, 11) is 1.59. The number of hydrogen-bond donors (Lipinski definition) is 0. The molecule has 3 aromatic rings. The van der Waals surface area contributed by atoms with Crippen molar-refractivity contribution >= 4 is 39.3 Å². The normalized spacial score (nSPS) is 10.6. The first-order valence-corrected chi connectivity index (χ1v) is 10.3. The van der Waals surface area contributed by atoms with E-state index in [9.17, 15) is 0 Å². The molecule has 27 heavy (non-hydrogen) atoms. The number of aromatic nitrogens is 3. The lowest BCUT2D eigenvalue weighted by molar-refractivity contribution is 0.415. The highest BCUT2D eigenvalue weighted by Crippen LogP contribution is 2.32. The van der Waals surface area contributed by atoms with Gasteiger partial charge in [0.25, 0.3) is 0 Å². The molecule has 138 valence electrons. The fourth-order valence-electron chi connectivity index (χ4n) is 2.49. The van der Waals surface area contributed by atoms with Crippen LogP contribution in [0.3, 0.4) is 0 Å². The Hall–Kier alpha value is -2.01. The molecule has 1 heterocycles. The number of methoxy groups -OCH3 is 1. The van der Waals surface area contributed by atoms with E-state index in [1.54, 1.807) is 18.9 Å².